The fraction of sp³-hybridized carbons (Fsp3) is 0.553. The Morgan fingerprint density at radius 1 is 0.962 bits per heavy atom. The summed E-state index contributed by atoms with van der Waals surface area (Å²) in [6.45, 7) is 11.3. The SMILES string of the molecule is C=C1C[C@](OC)([C@H](OC(=O)c2ccc(Br)cc2)C(=O)N[C@H]2OCO[C@H]3[C@@H]2O[C@H](C[C@@H](O)COC(=O)c2ccc(Br)cc2)C(C)(C)[C@@H]3OC)O[C@H](C)[C@@H]1C. The van der Waals surface area contributed by atoms with E-state index in [1.807, 2.05) is 27.7 Å². The topological polar surface area (TPSA) is 157 Å². The third-order valence-electron chi connectivity index (χ3n) is 10.3. The third kappa shape index (κ3) is 9.22. The smallest absolute Gasteiger partial charge is 0.339 e. The predicted molar refractivity (Wildman–Crippen MR) is 198 cm³/mol. The molecule has 3 aliphatic heterocycles. The fourth-order valence-electron chi connectivity index (χ4n) is 6.98. The summed E-state index contributed by atoms with van der Waals surface area (Å²) < 4.78 is 49.6. The molecule has 2 N–H and O–H groups in total. The molecule has 53 heavy (non-hydrogen) atoms. The van der Waals surface area contributed by atoms with E-state index in [4.69, 9.17) is 37.9 Å². The van der Waals surface area contributed by atoms with Crippen molar-refractivity contribution in [3.05, 3.63) is 80.8 Å². The second-order valence-corrected chi connectivity index (χ2v) is 16.0. The average Bonchev–Trinajstić information content (AvgIpc) is 3.12. The molecule has 3 fully saturated rings. The van der Waals surface area contributed by atoms with Crippen molar-refractivity contribution >= 4 is 49.7 Å². The molecule has 0 aliphatic carbocycles. The molecule has 0 radical (unpaired) electrons. The third-order valence-corrected chi connectivity index (χ3v) is 11.4. The lowest BCUT2D eigenvalue weighted by Gasteiger charge is -2.54. The number of carbonyl (C=O) groups is 3. The molecular weight excluding hydrogens is 822 g/mol. The standard InChI is InChI=1S/C38H47Br2NO12/c1-20-17-38(47-7,53-22(3)21(20)2)32(52-36(45)24-10-14-26(40)15-11-24)33(43)41-34-30-29(49-19-50-34)31(46-6)37(4,5)28(51-30)16-27(42)18-48-35(44)23-8-12-25(39)13-9-23/h8-15,21-22,27-32,34,42H,1,16-19H2,2-7H3,(H,41,43)/t21-,22-,27-,28-,29+,30+,31-,32-,34+,38-/m1/s1. The summed E-state index contributed by atoms with van der Waals surface area (Å²) >= 11 is 6.70. The van der Waals surface area contributed by atoms with E-state index in [0.717, 1.165) is 14.5 Å². The summed E-state index contributed by atoms with van der Waals surface area (Å²) in [7, 11) is 2.93. The molecule has 2 aromatic rings. The van der Waals surface area contributed by atoms with Gasteiger partial charge in [0.05, 0.1) is 35.5 Å². The summed E-state index contributed by atoms with van der Waals surface area (Å²) in [5, 5.41) is 13.9. The molecule has 3 aliphatic rings. The van der Waals surface area contributed by atoms with Gasteiger partial charge in [0.25, 0.3) is 5.91 Å². The largest absolute Gasteiger partial charge is 0.459 e. The van der Waals surface area contributed by atoms with Crippen molar-refractivity contribution < 1.29 is 57.4 Å². The van der Waals surface area contributed by atoms with Gasteiger partial charge in [-0.1, -0.05) is 64.8 Å². The van der Waals surface area contributed by atoms with E-state index in [9.17, 15) is 19.5 Å². The Morgan fingerprint density at radius 3 is 2.13 bits per heavy atom. The maximum Gasteiger partial charge on any atom is 0.339 e. The quantitative estimate of drug-likeness (QED) is 0.210. The number of hydrogen-bond acceptors (Lipinski definition) is 12. The highest BCUT2D eigenvalue weighted by Gasteiger charge is 2.58. The second-order valence-electron chi connectivity index (χ2n) is 14.2. The summed E-state index contributed by atoms with van der Waals surface area (Å²) in [5.74, 6) is -3.88. The monoisotopic (exact) mass is 867 g/mol. The fourth-order valence-corrected chi connectivity index (χ4v) is 7.51. The lowest BCUT2D eigenvalue weighted by molar-refractivity contribution is -0.333. The number of carbonyl (C=O) groups excluding carboxylic acids is 3. The summed E-state index contributed by atoms with van der Waals surface area (Å²) in [5.41, 5.74) is 0.593. The van der Waals surface area contributed by atoms with Crippen LogP contribution in [0.25, 0.3) is 0 Å². The molecule has 1 amide bonds. The van der Waals surface area contributed by atoms with Crippen molar-refractivity contribution in [1.29, 1.82) is 0 Å². The molecule has 3 saturated heterocycles. The molecule has 0 saturated carbocycles. The number of hydrogen-bond donors (Lipinski definition) is 2. The molecule has 0 bridgehead atoms. The zero-order valence-electron chi connectivity index (χ0n) is 30.5. The molecule has 0 spiro atoms. The second kappa shape index (κ2) is 17.4. The highest BCUT2D eigenvalue weighted by Crippen LogP contribution is 2.44. The zero-order chi connectivity index (χ0) is 38.7. The predicted octanol–water partition coefficient (Wildman–Crippen LogP) is 5.31. The Kier molecular flexibility index (Phi) is 13.6. The van der Waals surface area contributed by atoms with Crippen LogP contribution in [0.2, 0.25) is 0 Å². The molecule has 15 heteroatoms. The van der Waals surface area contributed by atoms with Crippen molar-refractivity contribution in [2.75, 3.05) is 27.6 Å². The van der Waals surface area contributed by atoms with E-state index in [0.29, 0.717) is 5.56 Å². The number of esters is 2. The van der Waals surface area contributed by atoms with Gasteiger partial charge in [0, 0.05) is 47.3 Å². The van der Waals surface area contributed by atoms with E-state index < -0.39 is 78.0 Å². The minimum Gasteiger partial charge on any atom is -0.459 e. The normalized spacial score (nSPS) is 30.7. The number of nitrogens with one attached hydrogen (secondary N) is 1. The van der Waals surface area contributed by atoms with Crippen LogP contribution in [-0.4, -0.2) is 105 Å². The Morgan fingerprint density at radius 2 is 1.57 bits per heavy atom. The highest BCUT2D eigenvalue weighted by atomic mass is 79.9. The highest BCUT2D eigenvalue weighted by molar-refractivity contribution is 9.10. The van der Waals surface area contributed by atoms with Crippen molar-refractivity contribution in [3.8, 4) is 0 Å². The number of benzene rings is 2. The zero-order valence-corrected chi connectivity index (χ0v) is 33.7. The van der Waals surface area contributed by atoms with Crippen LogP contribution in [-0.2, 0) is 42.7 Å². The number of methoxy groups -OCH3 is 2. The first-order valence-corrected chi connectivity index (χ1v) is 18.9. The number of fused-ring (bicyclic) bond motifs is 1. The summed E-state index contributed by atoms with van der Waals surface area (Å²) in [4.78, 5) is 40.5. The van der Waals surface area contributed by atoms with Crippen LogP contribution < -0.4 is 5.32 Å². The van der Waals surface area contributed by atoms with Gasteiger partial charge in [0.1, 0.15) is 25.6 Å². The molecule has 3 heterocycles. The molecule has 0 unspecified atom stereocenters. The molecule has 5 rings (SSSR count). The van der Waals surface area contributed by atoms with Crippen molar-refractivity contribution in [2.45, 2.75) is 95.3 Å². The first kappa shape index (κ1) is 41.4. The van der Waals surface area contributed by atoms with Gasteiger partial charge in [-0.15, -0.1) is 0 Å². The Balaban J connectivity index is 1.36. The van der Waals surface area contributed by atoms with Gasteiger partial charge in [-0.25, -0.2) is 9.59 Å². The average molecular weight is 870 g/mol. The molecule has 2 aromatic carbocycles. The number of aliphatic hydroxyl groups is 1. The van der Waals surface area contributed by atoms with Gasteiger partial charge in [-0.2, -0.15) is 0 Å². The number of rotatable bonds is 12. The molecule has 0 aromatic heterocycles. The van der Waals surface area contributed by atoms with Gasteiger partial charge < -0.3 is 48.3 Å². The lowest BCUT2D eigenvalue weighted by atomic mass is 9.72. The number of halogens is 2. The molecule has 13 nitrogen and oxygen atoms in total. The Hall–Kier alpha value is -2.73. The van der Waals surface area contributed by atoms with Crippen molar-refractivity contribution in [2.24, 2.45) is 11.3 Å². The van der Waals surface area contributed by atoms with E-state index in [1.165, 1.54) is 7.11 Å². The van der Waals surface area contributed by atoms with E-state index in [2.05, 4.69) is 43.8 Å². The van der Waals surface area contributed by atoms with Gasteiger partial charge in [-0.3, -0.25) is 4.79 Å². The van der Waals surface area contributed by atoms with Crippen LogP contribution in [0.15, 0.2) is 69.6 Å². The first-order valence-electron chi connectivity index (χ1n) is 17.3. The van der Waals surface area contributed by atoms with E-state index in [-0.39, 0.29) is 37.7 Å². The van der Waals surface area contributed by atoms with Gasteiger partial charge >= 0.3 is 11.9 Å². The van der Waals surface area contributed by atoms with Crippen LogP contribution >= 0.6 is 31.9 Å². The first-order chi connectivity index (χ1) is 25.1. The number of amides is 1. The maximum atomic E-state index is 14.4. The number of aliphatic hydroxyl groups excluding tert-OH is 1. The van der Waals surface area contributed by atoms with Crippen LogP contribution in [0, 0.1) is 11.3 Å². The lowest BCUT2D eigenvalue weighted by Crippen LogP contribution is -2.69. The molecule has 10 atom stereocenters. The van der Waals surface area contributed by atoms with Gasteiger partial charge in [0.15, 0.2) is 6.23 Å². The van der Waals surface area contributed by atoms with Crippen LogP contribution in [0.4, 0.5) is 0 Å². The van der Waals surface area contributed by atoms with Crippen molar-refractivity contribution in [3.63, 3.8) is 0 Å². The van der Waals surface area contributed by atoms with Crippen molar-refractivity contribution in [1.82, 2.24) is 5.32 Å². The minimum absolute atomic E-state index is 0.0507. The van der Waals surface area contributed by atoms with Crippen LogP contribution in [0.1, 0.15) is 61.3 Å². The summed E-state index contributed by atoms with van der Waals surface area (Å²) in [6.07, 6.45) is -7.02. The molecule has 290 valence electrons. The van der Waals surface area contributed by atoms with Gasteiger partial charge in [-0.05, 0) is 55.5 Å². The van der Waals surface area contributed by atoms with E-state index in [1.54, 1.807) is 55.6 Å². The Bertz CT molecular complexity index is 1620. The number of ether oxygens (including phenoxy) is 8. The summed E-state index contributed by atoms with van der Waals surface area (Å²) in [6, 6.07) is 13.2. The van der Waals surface area contributed by atoms with E-state index >= 15 is 0 Å². The van der Waals surface area contributed by atoms with Crippen LogP contribution in [0.3, 0.4) is 0 Å². The maximum absolute atomic E-state index is 14.4. The molecular formula is C38H47Br2NO12. The Labute approximate surface area is 326 Å². The van der Waals surface area contributed by atoms with Gasteiger partial charge in [0.2, 0.25) is 11.9 Å². The van der Waals surface area contributed by atoms with Crippen LogP contribution in [0.5, 0.6) is 0 Å². The minimum atomic E-state index is -1.71.